The van der Waals surface area contributed by atoms with Crippen LogP contribution in [0.1, 0.15) is 61.1 Å². The fourth-order valence-corrected chi connectivity index (χ4v) is 6.20. The van der Waals surface area contributed by atoms with Gasteiger partial charge in [-0.05, 0) is 114 Å². The van der Waals surface area contributed by atoms with Gasteiger partial charge in [-0.1, -0.05) is 184 Å². The van der Waals surface area contributed by atoms with E-state index in [-0.39, 0.29) is 0 Å². The molecule has 3 N–H and O–H groups in total. The number of nitrogen functional groups attached to an aromatic ring is 1. The van der Waals surface area contributed by atoms with Gasteiger partial charge in [0.05, 0.1) is 0 Å². The average molecular weight is 747 g/mol. The van der Waals surface area contributed by atoms with Gasteiger partial charge in [-0.3, -0.25) is 0 Å². The molecule has 288 valence electrons. The molecule has 2 nitrogen and oxygen atoms in total. The summed E-state index contributed by atoms with van der Waals surface area (Å²) in [4.78, 5) is 0. The van der Waals surface area contributed by atoms with E-state index in [0.717, 1.165) is 68.8 Å². The van der Waals surface area contributed by atoms with E-state index in [0.29, 0.717) is 0 Å². The summed E-state index contributed by atoms with van der Waals surface area (Å²) in [6, 6.07) is 48.5. The molecule has 0 aliphatic heterocycles. The van der Waals surface area contributed by atoms with Crippen LogP contribution in [0.4, 0.5) is 17.1 Å². The molecular weight excluding hydrogens is 689 g/mol. The molecule has 0 saturated heterocycles. The number of hydrogen-bond acceptors (Lipinski definition) is 2. The summed E-state index contributed by atoms with van der Waals surface area (Å²) in [6.45, 7) is 18.2. The number of nitrogens with one attached hydrogen (secondary N) is 1. The maximum Gasteiger partial charge on any atom is 0.0464 e. The number of para-hydroxylation sites is 1. The monoisotopic (exact) mass is 746 g/mol. The van der Waals surface area contributed by atoms with Crippen LogP contribution in [0.3, 0.4) is 0 Å². The molecule has 6 rings (SSSR count). The Morgan fingerprint density at radius 2 is 1.32 bits per heavy atom. The molecule has 0 aliphatic carbocycles. The van der Waals surface area contributed by atoms with Gasteiger partial charge < -0.3 is 11.1 Å². The number of nitrogens with two attached hydrogens (primary N) is 1. The van der Waals surface area contributed by atoms with Gasteiger partial charge in [0.2, 0.25) is 0 Å². The van der Waals surface area contributed by atoms with Crippen LogP contribution in [0.5, 0.6) is 0 Å². The normalized spacial score (nSPS) is 10.6. The van der Waals surface area contributed by atoms with Gasteiger partial charge in [0.15, 0.2) is 0 Å². The van der Waals surface area contributed by atoms with Crippen molar-refractivity contribution in [2.75, 3.05) is 11.1 Å². The van der Waals surface area contributed by atoms with Crippen molar-refractivity contribution in [1.29, 1.82) is 0 Å². The minimum atomic E-state index is 0.776. The maximum atomic E-state index is 6.31. The molecule has 0 bridgehead atoms. The summed E-state index contributed by atoms with van der Waals surface area (Å²) in [6.07, 6.45) is 24.4. The SMILES string of the molecule is C#C.C/C=C\C(=C/C)Cc1ccccc1.C=Cc1cccc(-c2ccccc2Nc2ccc(-c3ccc(N)c(/C=C\Cc4ccc(C)cc4)c3)cc2)c1C=C.CC. The fraction of sp³-hybridized carbons (Fsp3) is 0.127. The molecule has 6 aromatic rings. The highest BCUT2D eigenvalue weighted by molar-refractivity contribution is 5.88. The van der Waals surface area contributed by atoms with Crippen LogP contribution >= 0.6 is 0 Å². The van der Waals surface area contributed by atoms with Crippen molar-refractivity contribution in [1.82, 2.24) is 0 Å². The van der Waals surface area contributed by atoms with Crippen LogP contribution in [0.15, 0.2) is 183 Å². The van der Waals surface area contributed by atoms with Gasteiger partial charge in [0, 0.05) is 22.6 Å². The summed E-state index contributed by atoms with van der Waals surface area (Å²) >= 11 is 0. The Morgan fingerprint density at radius 3 is 1.96 bits per heavy atom. The molecule has 57 heavy (non-hydrogen) atoms. The molecule has 0 saturated carbocycles. The Kier molecular flexibility index (Phi) is 19.2. The standard InChI is InChI=1S/C38H34N2.C13H16.C2H6.C2H2/c1-4-29-11-9-14-35(34(29)5-2)36-13-6-7-15-38(36)40-33-23-20-30(21-24-33)31-22-25-37(39)32(26-31)12-8-10-28-18-16-27(3)17-19-28;1-3-8-12(4-2)11-13-9-6-5-7-10-13;2*1-2/h4-9,11-26,40H,1-2,10,39H2,3H3;3-10H,11H2,1-2H3;1-2H3;1-2H/b12-8-;8-3-,12-4+;;. The van der Waals surface area contributed by atoms with Crippen molar-refractivity contribution in [3.8, 4) is 35.1 Å². The van der Waals surface area contributed by atoms with E-state index >= 15 is 0 Å². The molecule has 0 aromatic heterocycles. The molecular formula is C55H58N2. The van der Waals surface area contributed by atoms with Crippen molar-refractivity contribution in [2.45, 2.75) is 47.5 Å². The van der Waals surface area contributed by atoms with Crippen LogP contribution in [-0.4, -0.2) is 0 Å². The second kappa shape index (κ2) is 24.6. The molecule has 6 aromatic carbocycles. The highest BCUT2D eigenvalue weighted by Crippen LogP contribution is 2.35. The third-order valence-electron chi connectivity index (χ3n) is 9.14. The zero-order chi connectivity index (χ0) is 41.4. The van der Waals surface area contributed by atoms with Crippen molar-refractivity contribution in [3.05, 3.63) is 216 Å². The van der Waals surface area contributed by atoms with E-state index in [1.165, 1.54) is 22.3 Å². The first-order valence-corrected chi connectivity index (χ1v) is 19.5. The summed E-state index contributed by atoms with van der Waals surface area (Å²) in [7, 11) is 0. The Hall–Kier alpha value is -6.82. The van der Waals surface area contributed by atoms with E-state index in [1.54, 1.807) is 0 Å². The summed E-state index contributed by atoms with van der Waals surface area (Å²) in [5.74, 6) is 0. The lowest BCUT2D eigenvalue weighted by molar-refractivity contribution is 1.19. The lowest BCUT2D eigenvalue weighted by atomic mass is 9.94. The van der Waals surface area contributed by atoms with Gasteiger partial charge >= 0.3 is 0 Å². The second-order valence-corrected chi connectivity index (χ2v) is 12.9. The van der Waals surface area contributed by atoms with E-state index in [9.17, 15) is 0 Å². The molecule has 0 aliphatic rings. The van der Waals surface area contributed by atoms with E-state index < -0.39 is 0 Å². The second-order valence-electron chi connectivity index (χ2n) is 12.9. The van der Waals surface area contributed by atoms with E-state index in [2.05, 4.69) is 210 Å². The molecule has 0 atom stereocenters. The molecule has 0 spiro atoms. The third-order valence-corrected chi connectivity index (χ3v) is 9.14. The summed E-state index contributed by atoms with van der Waals surface area (Å²) in [5.41, 5.74) is 22.1. The first-order chi connectivity index (χ1) is 27.9. The largest absolute Gasteiger partial charge is 0.398 e. The predicted octanol–water partition coefficient (Wildman–Crippen LogP) is 15.2. The highest BCUT2D eigenvalue weighted by atomic mass is 14.9. The zero-order valence-corrected chi connectivity index (χ0v) is 34.4. The first-order valence-electron chi connectivity index (χ1n) is 19.5. The summed E-state index contributed by atoms with van der Waals surface area (Å²) in [5, 5.41) is 3.61. The van der Waals surface area contributed by atoms with Crippen LogP contribution < -0.4 is 11.1 Å². The zero-order valence-electron chi connectivity index (χ0n) is 34.4. The molecule has 0 fully saturated rings. The summed E-state index contributed by atoms with van der Waals surface area (Å²) < 4.78 is 0. The molecule has 2 heteroatoms. The molecule has 0 radical (unpaired) electrons. The predicted molar refractivity (Wildman–Crippen MR) is 256 cm³/mol. The van der Waals surface area contributed by atoms with Crippen molar-refractivity contribution < 1.29 is 0 Å². The first kappa shape index (κ1) is 44.6. The Bertz CT molecular complexity index is 2250. The molecule has 0 amide bonds. The maximum absolute atomic E-state index is 6.31. The average Bonchev–Trinajstić information content (AvgIpc) is 3.27. The Balaban J connectivity index is 0.000000431. The number of benzene rings is 6. The van der Waals surface area contributed by atoms with E-state index in [1.807, 2.05) is 38.1 Å². The minimum absolute atomic E-state index is 0.776. The number of aryl methyl sites for hydroxylation is 1. The highest BCUT2D eigenvalue weighted by Gasteiger charge is 2.11. The van der Waals surface area contributed by atoms with Gasteiger partial charge in [-0.15, -0.1) is 12.8 Å². The van der Waals surface area contributed by atoms with Gasteiger partial charge in [-0.2, -0.15) is 0 Å². The van der Waals surface area contributed by atoms with Crippen LogP contribution in [0.25, 0.3) is 40.5 Å². The van der Waals surface area contributed by atoms with Gasteiger partial charge in [-0.25, -0.2) is 0 Å². The van der Waals surface area contributed by atoms with E-state index in [4.69, 9.17) is 5.73 Å². The lowest BCUT2D eigenvalue weighted by Crippen LogP contribution is -1.95. The Labute approximate surface area is 343 Å². The molecule has 0 heterocycles. The van der Waals surface area contributed by atoms with Crippen molar-refractivity contribution in [2.24, 2.45) is 0 Å². The minimum Gasteiger partial charge on any atom is -0.398 e. The lowest BCUT2D eigenvalue weighted by Gasteiger charge is -2.16. The number of allylic oxidation sites excluding steroid dienone is 5. The van der Waals surface area contributed by atoms with Gasteiger partial charge in [0.1, 0.15) is 0 Å². The Morgan fingerprint density at radius 1 is 0.667 bits per heavy atom. The number of hydrogen-bond donors (Lipinski definition) is 2. The van der Waals surface area contributed by atoms with Crippen LogP contribution in [-0.2, 0) is 12.8 Å². The number of anilines is 3. The van der Waals surface area contributed by atoms with Crippen LogP contribution in [0, 0.1) is 19.8 Å². The smallest absolute Gasteiger partial charge is 0.0464 e. The quantitative estimate of drug-likeness (QED) is 0.0743. The fourth-order valence-electron chi connectivity index (χ4n) is 6.20. The number of rotatable bonds is 12. The molecule has 0 unspecified atom stereocenters. The van der Waals surface area contributed by atoms with Gasteiger partial charge in [0.25, 0.3) is 0 Å². The van der Waals surface area contributed by atoms with Crippen molar-refractivity contribution in [3.63, 3.8) is 0 Å². The number of terminal acetylenes is 1. The topological polar surface area (TPSA) is 38.0 Å². The third kappa shape index (κ3) is 13.5. The van der Waals surface area contributed by atoms with Crippen LogP contribution in [0.2, 0.25) is 0 Å². The van der Waals surface area contributed by atoms with Crippen molar-refractivity contribution >= 4 is 35.3 Å².